The van der Waals surface area contributed by atoms with E-state index in [9.17, 15) is 24.3 Å². The van der Waals surface area contributed by atoms with E-state index in [2.05, 4.69) is 39.3 Å². The van der Waals surface area contributed by atoms with Crippen LogP contribution in [-0.4, -0.2) is 71.7 Å². The van der Waals surface area contributed by atoms with Gasteiger partial charge >= 0.3 is 11.9 Å². The molecule has 0 spiro atoms. The van der Waals surface area contributed by atoms with Crippen molar-refractivity contribution in [2.24, 2.45) is 17.4 Å². The Morgan fingerprint density at radius 3 is 2.23 bits per heavy atom. The van der Waals surface area contributed by atoms with E-state index >= 15 is 0 Å². The maximum absolute atomic E-state index is 12.4. The lowest BCUT2D eigenvalue weighted by atomic mass is 10.0. The van der Waals surface area contributed by atoms with E-state index in [0.717, 1.165) is 0 Å². The van der Waals surface area contributed by atoms with Crippen molar-refractivity contribution in [1.82, 2.24) is 16.0 Å². The Labute approximate surface area is 181 Å². The van der Waals surface area contributed by atoms with Crippen LogP contribution in [0.25, 0.3) is 0 Å². The lowest BCUT2D eigenvalue weighted by Gasteiger charge is -2.21. The fourth-order valence-electron chi connectivity index (χ4n) is 2.41. The van der Waals surface area contributed by atoms with Crippen LogP contribution >= 0.6 is 12.6 Å². The predicted octanol–water partition coefficient (Wildman–Crippen LogP) is -5.12. The van der Waals surface area contributed by atoms with Gasteiger partial charge in [0.1, 0.15) is 12.1 Å². The minimum atomic E-state index is -1.20. The molecule has 3 atom stereocenters. The number of thiol groups is 1. The summed E-state index contributed by atoms with van der Waals surface area (Å²) in [5, 5.41) is 16.6. The van der Waals surface area contributed by atoms with Gasteiger partial charge in [0.2, 0.25) is 11.8 Å². The first kappa shape index (κ1) is 27.5. The minimum Gasteiger partial charge on any atom is -0.480 e. The molecule has 13 heteroatoms. The second-order valence-electron chi connectivity index (χ2n) is 7.27. The lowest BCUT2D eigenvalue weighted by molar-refractivity contribution is -0.459. The van der Waals surface area contributed by atoms with Crippen LogP contribution in [0.1, 0.15) is 33.1 Å². The van der Waals surface area contributed by atoms with Gasteiger partial charge in [0.05, 0.1) is 18.8 Å². The third kappa shape index (κ3) is 12.1. The first-order chi connectivity index (χ1) is 14.0. The summed E-state index contributed by atoms with van der Waals surface area (Å²) in [5.41, 5.74) is 14.2. The van der Waals surface area contributed by atoms with Gasteiger partial charge in [-0.05, 0) is 25.2 Å². The van der Waals surface area contributed by atoms with Gasteiger partial charge in [-0.15, -0.1) is 0 Å². The number of nitrogens with two attached hydrogens (primary N) is 2. The van der Waals surface area contributed by atoms with E-state index in [1.165, 1.54) is 0 Å². The first-order valence-electron chi connectivity index (χ1n) is 9.63. The van der Waals surface area contributed by atoms with E-state index in [0.29, 0.717) is 19.4 Å². The molecule has 0 fully saturated rings. The van der Waals surface area contributed by atoms with Crippen molar-refractivity contribution in [3.05, 3.63) is 0 Å². The minimum absolute atomic E-state index is 0.0243. The highest BCUT2D eigenvalue weighted by Crippen LogP contribution is 2.05. The number of quaternary nitrogens is 1. The molecule has 12 N–H and O–H groups in total. The van der Waals surface area contributed by atoms with E-state index in [4.69, 9.17) is 11.5 Å². The number of amides is 3. The number of carbonyl (C=O) groups excluding carboxylic acids is 3. The molecular formula is C17H35N7O5S+2. The number of carboxylic acid groups (broad SMARTS) is 1. The molecule has 0 heterocycles. The molecule has 12 nitrogen and oxygen atoms in total. The van der Waals surface area contributed by atoms with Crippen LogP contribution in [0.15, 0.2) is 0 Å². The molecular weight excluding hydrogens is 414 g/mol. The summed E-state index contributed by atoms with van der Waals surface area (Å²) in [6.45, 7) is 3.72. The molecule has 0 rings (SSSR count). The smallest absolute Gasteiger partial charge is 0.338 e. The Morgan fingerprint density at radius 1 is 1.10 bits per heavy atom. The van der Waals surface area contributed by atoms with Crippen molar-refractivity contribution in [3.63, 3.8) is 0 Å². The summed E-state index contributed by atoms with van der Waals surface area (Å²) in [7, 11) is 0. The number of hydrogen-bond donors (Lipinski definition) is 9. The molecule has 0 aliphatic heterocycles. The molecule has 0 aliphatic rings. The highest BCUT2D eigenvalue weighted by molar-refractivity contribution is 7.80. The zero-order valence-corrected chi connectivity index (χ0v) is 18.3. The molecule has 0 aromatic rings. The number of rotatable bonds is 14. The Hall–Kier alpha value is -2.54. The normalized spacial score (nSPS) is 13.6. The van der Waals surface area contributed by atoms with Gasteiger partial charge in [-0.1, -0.05) is 13.8 Å². The van der Waals surface area contributed by atoms with E-state index in [-0.39, 0.29) is 24.1 Å². The maximum atomic E-state index is 12.4. The van der Waals surface area contributed by atoms with Gasteiger partial charge in [0.15, 0.2) is 6.04 Å². The van der Waals surface area contributed by atoms with Crippen LogP contribution in [-0.2, 0) is 19.2 Å². The Kier molecular flexibility index (Phi) is 13.2. The second kappa shape index (κ2) is 14.4. The van der Waals surface area contributed by atoms with Crippen molar-refractivity contribution >= 4 is 42.3 Å². The van der Waals surface area contributed by atoms with Crippen molar-refractivity contribution in [1.29, 1.82) is 0 Å². The summed E-state index contributed by atoms with van der Waals surface area (Å²) >= 11 is 4.01. The molecule has 172 valence electrons. The summed E-state index contributed by atoms with van der Waals surface area (Å²) < 4.78 is 0. The van der Waals surface area contributed by atoms with Gasteiger partial charge in [-0.2, -0.15) is 12.6 Å². The third-order valence-electron chi connectivity index (χ3n) is 3.99. The topological polar surface area (TPSA) is 218 Å². The molecule has 0 bridgehead atoms. The molecule has 0 aromatic heterocycles. The fourth-order valence-corrected chi connectivity index (χ4v) is 2.57. The Bertz CT molecular complexity index is 626. The predicted molar refractivity (Wildman–Crippen MR) is 113 cm³/mol. The Morgan fingerprint density at radius 2 is 1.73 bits per heavy atom. The molecule has 0 aromatic carbocycles. The van der Waals surface area contributed by atoms with Crippen LogP contribution in [0.4, 0.5) is 0 Å². The molecule has 0 aliphatic carbocycles. The van der Waals surface area contributed by atoms with Crippen molar-refractivity contribution < 1.29 is 35.0 Å². The highest BCUT2D eigenvalue weighted by Gasteiger charge is 2.26. The summed E-state index contributed by atoms with van der Waals surface area (Å²) in [5.74, 6) is -2.44. The maximum Gasteiger partial charge on any atom is 0.338 e. The molecule has 3 amide bonds. The molecule has 0 saturated heterocycles. The van der Waals surface area contributed by atoms with Gasteiger partial charge in [-0.25, -0.2) is 4.79 Å². The van der Waals surface area contributed by atoms with E-state index < -0.39 is 48.4 Å². The van der Waals surface area contributed by atoms with Crippen LogP contribution in [0.5, 0.6) is 0 Å². The number of hydrogen-bond acceptors (Lipinski definition) is 5. The number of guanidine groups is 1. The van der Waals surface area contributed by atoms with Gasteiger partial charge in [0, 0.05) is 0 Å². The molecule has 0 radical (unpaired) electrons. The SMILES string of the molecule is CC(C)C[C@H](NC(=O)[C@@H]([NH3+])CS)C(=O)NCC(=O)N[C@H](CCC[NH+]=C(N)N)C(=O)O. The largest absolute Gasteiger partial charge is 0.480 e. The molecule has 0 saturated carbocycles. The number of nitrogens with one attached hydrogen (secondary N) is 4. The van der Waals surface area contributed by atoms with Gasteiger partial charge in [-0.3, -0.25) is 30.8 Å². The fraction of sp³-hybridized carbons (Fsp3) is 0.706. The van der Waals surface area contributed by atoms with Crippen molar-refractivity contribution in [2.45, 2.75) is 51.2 Å². The summed E-state index contributed by atoms with van der Waals surface area (Å²) in [4.78, 5) is 50.5. The van der Waals surface area contributed by atoms with Crippen LogP contribution in [0.2, 0.25) is 0 Å². The van der Waals surface area contributed by atoms with Gasteiger partial charge in [0.25, 0.3) is 5.91 Å². The zero-order chi connectivity index (χ0) is 23.3. The number of carbonyl (C=O) groups is 4. The van der Waals surface area contributed by atoms with Gasteiger partial charge < -0.3 is 26.8 Å². The average Bonchev–Trinajstić information content (AvgIpc) is 2.66. The monoisotopic (exact) mass is 449 g/mol. The summed E-state index contributed by atoms with van der Waals surface area (Å²) in [6, 6.07) is -2.57. The Balaban J connectivity index is 4.72. The highest BCUT2D eigenvalue weighted by atomic mass is 32.1. The zero-order valence-electron chi connectivity index (χ0n) is 17.4. The lowest BCUT2D eigenvalue weighted by Crippen LogP contribution is -2.78. The molecule has 0 unspecified atom stereocenters. The second-order valence-corrected chi connectivity index (χ2v) is 7.64. The standard InChI is InChI=1S/C17H33N7O5S/c1-9(2)6-12(24-14(26)10(18)8-30)15(27)22-7-13(25)23-11(16(28)29)4-3-5-21-17(19)20/h9-12,30H,3-8,18H2,1-2H3,(H,22,27)(H,23,25)(H,24,26)(H,28,29)(H4,19,20,21)/p+2/t10-,11+,12-/m0/s1. The number of aliphatic carboxylic acids is 1. The van der Waals surface area contributed by atoms with Crippen LogP contribution < -0.4 is 38.1 Å². The summed E-state index contributed by atoms with van der Waals surface area (Å²) in [6.07, 6.45) is 0.918. The van der Waals surface area contributed by atoms with Crippen LogP contribution in [0, 0.1) is 5.92 Å². The van der Waals surface area contributed by atoms with E-state index in [1.54, 1.807) is 0 Å². The number of carboxylic acids is 1. The third-order valence-corrected chi connectivity index (χ3v) is 4.43. The van der Waals surface area contributed by atoms with Crippen molar-refractivity contribution in [3.8, 4) is 0 Å². The average molecular weight is 450 g/mol. The quantitative estimate of drug-likeness (QED) is 0.0543. The van der Waals surface area contributed by atoms with Crippen LogP contribution in [0.3, 0.4) is 0 Å². The first-order valence-corrected chi connectivity index (χ1v) is 10.3. The van der Waals surface area contributed by atoms with E-state index in [1.807, 2.05) is 13.8 Å². The van der Waals surface area contributed by atoms with Crippen molar-refractivity contribution in [2.75, 3.05) is 18.8 Å². The molecule has 30 heavy (non-hydrogen) atoms.